The van der Waals surface area contributed by atoms with E-state index in [4.69, 9.17) is 0 Å². The topological polar surface area (TPSA) is 108 Å². The van der Waals surface area contributed by atoms with Gasteiger partial charge in [0.15, 0.2) is 0 Å². The molecule has 1 aliphatic carbocycles. The van der Waals surface area contributed by atoms with Crippen molar-refractivity contribution >= 4 is 23.6 Å². The maximum absolute atomic E-state index is 14.9. The van der Waals surface area contributed by atoms with Crippen molar-refractivity contribution in [3.8, 4) is 0 Å². The van der Waals surface area contributed by atoms with E-state index in [0.29, 0.717) is 51.1 Å². The minimum absolute atomic E-state index is 0.00935. The average Bonchev–Trinajstić information content (AvgIpc) is 3.12. The van der Waals surface area contributed by atoms with Crippen LogP contribution in [-0.4, -0.2) is 66.2 Å². The van der Waals surface area contributed by atoms with E-state index in [9.17, 15) is 28.0 Å². The maximum atomic E-state index is 14.9. The van der Waals surface area contributed by atoms with Gasteiger partial charge in [-0.3, -0.25) is 24.5 Å². The molecule has 196 valence electrons. The first kappa shape index (κ1) is 26.0. The molecule has 1 saturated carbocycles. The molecule has 8 nitrogen and oxygen atoms in total. The fourth-order valence-corrected chi connectivity index (χ4v) is 6.31. The second kappa shape index (κ2) is 9.75. The Morgan fingerprint density at radius 3 is 2.46 bits per heavy atom. The molecule has 3 aliphatic heterocycles. The summed E-state index contributed by atoms with van der Waals surface area (Å²) in [6.07, 6.45) is 3.38. The monoisotopic (exact) mass is 496 g/mol. The Balaban J connectivity index is 1.27. The highest BCUT2D eigenvalue weighted by Gasteiger charge is 2.50. The molecule has 6 unspecified atom stereocenters. The Morgan fingerprint density at radius 2 is 1.83 bits per heavy atom. The highest BCUT2D eigenvalue weighted by molar-refractivity contribution is 6.02. The van der Waals surface area contributed by atoms with Gasteiger partial charge in [0, 0.05) is 25.4 Å². The Hall–Kier alpha value is -2.10. The minimum atomic E-state index is -3.48. The van der Waals surface area contributed by atoms with Gasteiger partial charge in [-0.15, -0.1) is 0 Å². The van der Waals surface area contributed by atoms with E-state index >= 15 is 0 Å². The first-order chi connectivity index (χ1) is 16.4. The largest absolute Gasteiger partial charge is 0.351 e. The molecule has 0 aromatic carbocycles. The molecule has 3 heterocycles. The molecule has 3 N–H and O–H groups in total. The number of carbonyl (C=O) groups excluding carboxylic acids is 4. The summed E-state index contributed by atoms with van der Waals surface area (Å²) in [5.74, 6) is -5.38. The molecule has 4 amide bonds. The lowest BCUT2D eigenvalue weighted by atomic mass is 9.75. The summed E-state index contributed by atoms with van der Waals surface area (Å²) in [6, 6.07) is -1.78. The van der Waals surface area contributed by atoms with E-state index in [1.54, 1.807) is 4.90 Å². The number of amides is 4. The summed E-state index contributed by atoms with van der Waals surface area (Å²) in [6.45, 7) is 7.35. The third kappa shape index (κ3) is 5.37. The van der Waals surface area contributed by atoms with Crippen LogP contribution in [0.25, 0.3) is 0 Å². The van der Waals surface area contributed by atoms with Crippen LogP contribution in [0.4, 0.5) is 8.78 Å². The maximum Gasteiger partial charge on any atom is 0.339 e. The first-order valence-electron chi connectivity index (χ1n) is 12.9. The van der Waals surface area contributed by atoms with Crippen LogP contribution in [0.1, 0.15) is 65.7 Å². The third-order valence-corrected chi connectivity index (χ3v) is 8.64. The summed E-state index contributed by atoms with van der Waals surface area (Å²) in [5.41, 5.74) is 0.0315. The molecule has 4 fully saturated rings. The van der Waals surface area contributed by atoms with Gasteiger partial charge in [-0.1, -0.05) is 20.8 Å². The second-order valence-corrected chi connectivity index (χ2v) is 11.9. The third-order valence-electron chi connectivity index (χ3n) is 8.64. The number of nitrogens with zero attached hydrogens (tertiary/aromatic N) is 1. The van der Waals surface area contributed by atoms with E-state index in [1.807, 2.05) is 0 Å². The summed E-state index contributed by atoms with van der Waals surface area (Å²) in [7, 11) is 0. The van der Waals surface area contributed by atoms with Crippen molar-refractivity contribution < 1.29 is 28.0 Å². The van der Waals surface area contributed by atoms with Crippen LogP contribution in [0, 0.1) is 29.1 Å². The molecule has 0 aromatic heterocycles. The van der Waals surface area contributed by atoms with Gasteiger partial charge < -0.3 is 15.5 Å². The molecule has 4 aliphatic rings. The zero-order chi connectivity index (χ0) is 25.5. The van der Waals surface area contributed by atoms with Gasteiger partial charge in [0.1, 0.15) is 6.04 Å². The van der Waals surface area contributed by atoms with Gasteiger partial charge in [0.25, 0.3) is 5.91 Å². The second-order valence-electron chi connectivity index (χ2n) is 11.9. The normalized spacial score (nSPS) is 34.4. The fourth-order valence-electron chi connectivity index (χ4n) is 6.31. The molecule has 0 spiro atoms. The quantitative estimate of drug-likeness (QED) is 0.504. The molecule has 6 atom stereocenters. The van der Waals surface area contributed by atoms with E-state index in [2.05, 4.69) is 36.7 Å². The van der Waals surface area contributed by atoms with Gasteiger partial charge in [-0.05, 0) is 68.2 Å². The van der Waals surface area contributed by atoms with Gasteiger partial charge in [-0.25, -0.2) is 0 Å². The van der Waals surface area contributed by atoms with Crippen molar-refractivity contribution in [2.75, 3.05) is 19.6 Å². The van der Waals surface area contributed by atoms with Crippen LogP contribution >= 0.6 is 0 Å². The fraction of sp³-hybridized carbons (Fsp3) is 0.840. The zero-order valence-corrected chi connectivity index (χ0v) is 20.9. The van der Waals surface area contributed by atoms with E-state index in [1.165, 1.54) is 0 Å². The molecule has 0 aromatic rings. The number of carbonyl (C=O) groups is 4. The lowest BCUT2D eigenvalue weighted by Gasteiger charge is -2.39. The van der Waals surface area contributed by atoms with Gasteiger partial charge >= 0.3 is 5.92 Å². The van der Waals surface area contributed by atoms with E-state index in [-0.39, 0.29) is 54.4 Å². The van der Waals surface area contributed by atoms with Crippen molar-refractivity contribution in [2.45, 2.75) is 83.7 Å². The lowest BCUT2D eigenvalue weighted by Crippen LogP contribution is -2.58. The van der Waals surface area contributed by atoms with E-state index < -0.39 is 29.8 Å². The van der Waals surface area contributed by atoms with Crippen molar-refractivity contribution in [3.63, 3.8) is 0 Å². The molecule has 35 heavy (non-hydrogen) atoms. The van der Waals surface area contributed by atoms with E-state index in [0.717, 1.165) is 0 Å². The van der Waals surface area contributed by atoms with Crippen molar-refractivity contribution in [2.24, 2.45) is 29.1 Å². The van der Waals surface area contributed by atoms with Crippen LogP contribution in [0.15, 0.2) is 0 Å². The van der Waals surface area contributed by atoms with Gasteiger partial charge in [-0.2, -0.15) is 8.78 Å². The Morgan fingerprint density at radius 1 is 1.09 bits per heavy atom. The number of halogens is 2. The lowest BCUT2D eigenvalue weighted by molar-refractivity contribution is -0.152. The predicted molar refractivity (Wildman–Crippen MR) is 124 cm³/mol. The molecule has 3 saturated heterocycles. The number of nitrogens with one attached hydrogen (secondary N) is 3. The molecule has 0 bridgehead atoms. The predicted octanol–water partition coefficient (Wildman–Crippen LogP) is 1.83. The SMILES string of the molecule is CC(C)(C)C1CCC(C(F)(F)C(=O)NCC2CCC3C(=O)N(C4CCC(=O)NC4=O)CC3C2)NC1. The number of alkyl halides is 2. The molecule has 4 rings (SSSR count). The number of rotatable bonds is 5. The summed E-state index contributed by atoms with van der Waals surface area (Å²) in [4.78, 5) is 50.6. The van der Waals surface area contributed by atoms with Crippen molar-refractivity contribution in [1.82, 2.24) is 20.9 Å². The number of imide groups is 1. The number of hydrogen-bond acceptors (Lipinski definition) is 5. The molecule has 0 radical (unpaired) electrons. The Kier molecular flexibility index (Phi) is 7.23. The molecular weight excluding hydrogens is 458 g/mol. The van der Waals surface area contributed by atoms with Crippen LogP contribution < -0.4 is 16.0 Å². The molecule has 10 heteroatoms. The Labute approximate surface area is 205 Å². The molecular formula is C25H38F2N4O4. The summed E-state index contributed by atoms with van der Waals surface area (Å²) in [5, 5.41) is 7.69. The number of likely N-dealkylation sites (tertiary alicyclic amines) is 1. The van der Waals surface area contributed by atoms with Crippen molar-refractivity contribution in [3.05, 3.63) is 0 Å². The smallest absolute Gasteiger partial charge is 0.339 e. The van der Waals surface area contributed by atoms with Crippen LogP contribution in [0.5, 0.6) is 0 Å². The van der Waals surface area contributed by atoms with Gasteiger partial charge in [0.05, 0.1) is 6.04 Å². The minimum Gasteiger partial charge on any atom is -0.351 e. The summed E-state index contributed by atoms with van der Waals surface area (Å²) >= 11 is 0. The standard InChI is InChI=1S/C25H38F2N4O4/c1-24(2,3)16-5-8-19(28-12-16)25(26,27)23(35)29-11-14-4-6-17-15(10-14)13-31(22(17)34)18-7-9-20(32)30-21(18)33/h14-19,28H,4-13H2,1-3H3,(H,29,35)(H,30,32,33). The Bertz CT molecular complexity index is 866. The van der Waals surface area contributed by atoms with Crippen LogP contribution in [0.2, 0.25) is 0 Å². The van der Waals surface area contributed by atoms with Crippen molar-refractivity contribution in [1.29, 1.82) is 0 Å². The zero-order valence-electron chi connectivity index (χ0n) is 20.9. The average molecular weight is 497 g/mol. The number of piperidine rings is 2. The summed E-state index contributed by atoms with van der Waals surface area (Å²) < 4.78 is 29.8. The number of fused-ring (bicyclic) bond motifs is 1. The van der Waals surface area contributed by atoms with Gasteiger partial charge in [0.2, 0.25) is 17.7 Å². The highest BCUT2D eigenvalue weighted by atomic mass is 19.3. The van der Waals surface area contributed by atoms with Crippen LogP contribution in [0.3, 0.4) is 0 Å². The first-order valence-corrected chi connectivity index (χ1v) is 12.9. The highest BCUT2D eigenvalue weighted by Crippen LogP contribution is 2.41. The number of hydrogen-bond donors (Lipinski definition) is 3. The van der Waals surface area contributed by atoms with Crippen LogP contribution in [-0.2, 0) is 19.2 Å².